The highest BCUT2D eigenvalue weighted by molar-refractivity contribution is 8.03. The fourth-order valence-corrected chi connectivity index (χ4v) is 6.15. The number of nitrogens with one attached hydrogen (secondary N) is 1. The van der Waals surface area contributed by atoms with Gasteiger partial charge in [-0.25, -0.2) is 5.43 Å². The van der Waals surface area contributed by atoms with Gasteiger partial charge in [0.05, 0.1) is 22.0 Å². The van der Waals surface area contributed by atoms with Crippen molar-refractivity contribution in [2.24, 2.45) is 5.10 Å². The lowest BCUT2D eigenvalue weighted by molar-refractivity contribution is -0.118. The molecule has 0 unspecified atom stereocenters. The highest BCUT2D eigenvalue weighted by atomic mass is 35.5. The van der Waals surface area contributed by atoms with E-state index >= 15 is 0 Å². The van der Waals surface area contributed by atoms with Crippen LogP contribution in [0.1, 0.15) is 11.1 Å². The smallest absolute Gasteiger partial charge is 0.250 e. The first kappa shape index (κ1) is 23.1. The highest BCUT2D eigenvalue weighted by Gasteiger charge is 2.10. The maximum absolute atomic E-state index is 12.1. The van der Waals surface area contributed by atoms with Crippen LogP contribution in [-0.4, -0.2) is 28.1 Å². The fraction of sp³-hybridized carbons (Fsp3) is 0.0909. The quantitative estimate of drug-likeness (QED) is 0.163. The summed E-state index contributed by atoms with van der Waals surface area (Å²) in [6.45, 7) is 0. The molecular formula is C22H16Cl2N4OS3. The van der Waals surface area contributed by atoms with Crippen LogP contribution >= 0.6 is 58.1 Å². The van der Waals surface area contributed by atoms with Crippen molar-refractivity contribution in [3.63, 3.8) is 0 Å². The van der Waals surface area contributed by atoms with Crippen LogP contribution in [-0.2, 0) is 10.5 Å². The number of thioether (sulfide) groups is 2. The average molecular weight is 520 g/mol. The molecule has 0 aliphatic heterocycles. The lowest BCUT2D eigenvalue weighted by Gasteiger charge is -2.04. The van der Waals surface area contributed by atoms with Gasteiger partial charge in [-0.1, -0.05) is 107 Å². The van der Waals surface area contributed by atoms with Crippen molar-refractivity contribution in [3.05, 3.63) is 81.8 Å². The van der Waals surface area contributed by atoms with E-state index in [1.54, 1.807) is 30.0 Å². The molecule has 162 valence electrons. The summed E-state index contributed by atoms with van der Waals surface area (Å²) in [5.74, 6) is 0.728. The predicted molar refractivity (Wildman–Crippen MR) is 136 cm³/mol. The zero-order chi connectivity index (χ0) is 22.3. The third kappa shape index (κ3) is 6.02. The molecule has 0 aliphatic carbocycles. The molecule has 0 fully saturated rings. The van der Waals surface area contributed by atoms with Crippen molar-refractivity contribution < 1.29 is 4.79 Å². The first-order chi connectivity index (χ1) is 15.6. The van der Waals surface area contributed by atoms with E-state index in [2.05, 4.69) is 51.1 Å². The second kappa shape index (κ2) is 11.2. The van der Waals surface area contributed by atoms with Crippen LogP contribution in [0.3, 0.4) is 0 Å². The number of aromatic nitrogens is 2. The molecule has 0 aliphatic rings. The van der Waals surface area contributed by atoms with E-state index in [0.717, 1.165) is 14.4 Å². The van der Waals surface area contributed by atoms with Crippen molar-refractivity contribution in [2.75, 3.05) is 5.75 Å². The van der Waals surface area contributed by atoms with Crippen LogP contribution < -0.4 is 5.43 Å². The molecule has 1 amide bonds. The van der Waals surface area contributed by atoms with Crippen molar-refractivity contribution in [3.8, 4) is 0 Å². The van der Waals surface area contributed by atoms with Gasteiger partial charge in [0.25, 0.3) is 5.91 Å². The maximum atomic E-state index is 12.1. The summed E-state index contributed by atoms with van der Waals surface area (Å²) >= 11 is 16.6. The summed E-state index contributed by atoms with van der Waals surface area (Å²) in [7, 11) is 0. The van der Waals surface area contributed by atoms with Crippen molar-refractivity contribution >= 4 is 81.0 Å². The maximum Gasteiger partial charge on any atom is 0.250 e. The van der Waals surface area contributed by atoms with E-state index in [1.807, 2.05) is 12.1 Å². The molecule has 0 spiro atoms. The van der Waals surface area contributed by atoms with E-state index in [-0.39, 0.29) is 11.7 Å². The zero-order valence-electron chi connectivity index (χ0n) is 16.5. The summed E-state index contributed by atoms with van der Waals surface area (Å²) < 4.78 is 1.60. The van der Waals surface area contributed by atoms with Crippen molar-refractivity contribution in [1.29, 1.82) is 0 Å². The van der Waals surface area contributed by atoms with Gasteiger partial charge in [-0.2, -0.15) is 5.10 Å². The average Bonchev–Trinajstić information content (AvgIpc) is 3.26. The molecule has 1 heterocycles. The molecular weight excluding hydrogens is 503 g/mol. The standard InChI is InChI=1S/C22H16Cl2N4OS3/c23-18-9-4-10-19(24)17(18)11-25-26-20(29)13-31-22-28-27-21(32-22)30-12-15-7-3-6-14-5-1-2-8-16(14)15/h1-11H,12-13H2,(H,26,29). The summed E-state index contributed by atoms with van der Waals surface area (Å²) in [5.41, 5.74) is 4.28. The first-order valence-corrected chi connectivity index (χ1v) is 13.0. The third-order valence-corrected chi connectivity index (χ3v) is 8.23. The lowest BCUT2D eigenvalue weighted by atomic mass is 10.1. The van der Waals surface area contributed by atoms with Gasteiger partial charge in [-0.15, -0.1) is 10.2 Å². The number of amides is 1. The second-order valence-electron chi connectivity index (χ2n) is 6.48. The number of carbonyl (C=O) groups is 1. The Balaban J connectivity index is 1.27. The number of fused-ring (bicyclic) bond motifs is 1. The van der Waals surface area contributed by atoms with E-state index in [9.17, 15) is 4.79 Å². The lowest BCUT2D eigenvalue weighted by Crippen LogP contribution is -2.19. The van der Waals surface area contributed by atoms with Crippen LogP contribution in [0.15, 0.2) is 74.4 Å². The van der Waals surface area contributed by atoms with Gasteiger partial charge in [0.2, 0.25) is 0 Å². The van der Waals surface area contributed by atoms with E-state index in [0.29, 0.717) is 15.6 Å². The van der Waals surface area contributed by atoms with Gasteiger partial charge in [0, 0.05) is 11.3 Å². The summed E-state index contributed by atoms with van der Waals surface area (Å²) in [5, 5.41) is 15.7. The van der Waals surface area contributed by atoms with Crippen molar-refractivity contribution in [2.45, 2.75) is 14.4 Å². The Bertz CT molecular complexity index is 1250. The fourth-order valence-electron chi connectivity index (χ4n) is 2.83. The number of hydrazone groups is 1. The zero-order valence-corrected chi connectivity index (χ0v) is 20.5. The van der Waals surface area contributed by atoms with Gasteiger partial charge in [0.1, 0.15) is 0 Å². The molecule has 0 atom stereocenters. The molecule has 10 heteroatoms. The van der Waals surface area contributed by atoms with Gasteiger partial charge < -0.3 is 0 Å². The van der Waals surface area contributed by atoms with Crippen LogP contribution in [0.2, 0.25) is 10.0 Å². The van der Waals surface area contributed by atoms with E-state index in [4.69, 9.17) is 23.2 Å². The minimum absolute atomic E-state index is 0.177. The second-order valence-corrected chi connectivity index (χ2v) is 10.7. The van der Waals surface area contributed by atoms with Gasteiger partial charge in [-0.3, -0.25) is 4.79 Å². The van der Waals surface area contributed by atoms with E-state index in [1.165, 1.54) is 45.6 Å². The Kier molecular flexibility index (Phi) is 8.05. The molecule has 1 aromatic heterocycles. The molecule has 0 bridgehead atoms. The Morgan fingerprint density at radius 2 is 1.66 bits per heavy atom. The molecule has 0 saturated heterocycles. The summed E-state index contributed by atoms with van der Waals surface area (Å²) in [4.78, 5) is 12.1. The van der Waals surface area contributed by atoms with Crippen molar-refractivity contribution in [1.82, 2.24) is 15.6 Å². The number of carbonyl (C=O) groups excluding carboxylic acids is 1. The normalized spacial score (nSPS) is 11.3. The summed E-state index contributed by atoms with van der Waals surface area (Å²) in [6, 6.07) is 19.8. The molecule has 32 heavy (non-hydrogen) atoms. The Morgan fingerprint density at radius 1 is 0.969 bits per heavy atom. The first-order valence-electron chi connectivity index (χ1n) is 9.42. The molecule has 5 nitrogen and oxygen atoms in total. The Morgan fingerprint density at radius 3 is 2.47 bits per heavy atom. The van der Waals surface area contributed by atoms with Crippen LogP contribution in [0.4, 0.5) is 0 Å². The van der Waals surface area contributed by atoms with Crippen LogP contribution in [0.5, 0.6) is 0 Å². The molecule has 0 radical (unpaired) electrons. The molecule has 4 aromatic rings. The number of nitrogens with zero attached hydrogens (tertiary/aromatic N) is 3. The van der Waals surface area contributed by atoms with Crippen LogP contribution in [0, 0.1) is 0 Å². The molecule has 4 rings (SSSR count). The molecule has 3 aromatic carbocycles. The molecule has 1 N–H and O–H groups in total. The minimum Gasteiger partial charge on any atom is -0.272 e. The minimum atomic E-state index is -0.255. The number of benzene rings is 3. The topological polar surface area (TPSA) is 67.2 Å². The SMILES string of the molecule is O=C(CSc1nnc(SCc2cccc3ccccc23)s1)NN=Cc1c(Cl)cccc1Cl. The predicted octanol–water partition coefficient (Wildman–Crippen LogP) is 6.53. The Hall–Kier alpha value is -2.10. The monoisotopic (exact) mass is 518 g/mol. The Labute approximate surface area is 207 Å². The van der Waals surface area contributed by atoms with Crippen LogP contribution in [0.25, 0.3) is 10.8 Å². The number of hydrogen-bond acceptors (Lipinski definition) is 7. The summed E-state index contributed by atoms with van der Waals surface area (Å²) in [6.07, 6.45) is 1.43. The third-order valence-electron chi connectivity index (χ3n) is 4.33. The van der Waals surface area contributed by atoms with E-state index < -0.39 is 0 Å². The highest BCUT2D eigenvalue weighted by Crippen LogP contribution is 2.32. The van der Waals surface area contributed by atoms with Gasteiger partial charge >= 0.3 is 0 Å². The van der Waals surface area contributed by atoms with Gasteiger partial charge in [0.15, 0.2) is 8.68 Å². The number of hydrogen-bond donors (Lipinski definition) is 1. The number of rotatable bonds is 8. The number of halogens is 2. The molecule has 0 saturated carbocycles. The van der Waals surface area contributed by atoms with Gasteiger partial charge in [-0.05, 0) is 28.5 Å². The largest absolute Gasteiger partial charge is 0.272 e.